The fourth-order valence-electron chi connectivity index (χ4n) is 4.03. The standard InChI is InChI=1S/C25H25FN2O2/c1-30-21-12-13-22(23(26)18-21)25(29)28-16-14-27(15-17-28)24(19-8-4-2-5-9-19)20-10-6-3-7-11-20/h2-13,18,24H,14-17H2,1H3. The molecule has 0 saturated carbocycles. The van der Waals surface area contributed by atoms with Crippen molar-refractivity contribution in [3.8, 4) is 5.75 Å². The van der Waals surface area contributed by atoms with Crippen LogP contribution in [0, 0.1) is 5.82 Å². The predicted molar refractivity (Wildman–Crippen MR) is 115 cm³/mol. The van der Waals surface area contributed by atoms with Crippen LogP contribution in [-0.4, -0.2) is 49.0 Å². The van der Waals surface area contributed by atoms with E-state index in [4.69, 9.17) is 4.74 Å². The molecule has 0 bridgehead atoms. The summed E-state index contributed by atoms with van der Waals surface area (Å²) in [6, 6.07) is 25.3. The van der Waals surface area contributed by atoms with Crippen molar-refractivity contribution in [2.45, 2.75) is 6.04 Å². The van der Waals surface area contributed by atoms with Crippen molar-refractivity contribution in [1.29, 1.82) is 0 Å². The van der Waals surface area contributed by atoms with Crippen LogP contribution >= 0.6 is 0 Å². The second kappa shape index (κ2) is 9.09. The van der Waals surface area contributed by atoms with Crippen molar-refractivity contribution >= 4 is 5.91 Å². The quantitative estimate of drug-likeness (QED) is 0.633. The van der Waals surface area contributed by atoms with Gasteiger partial charge in [0.25, 0.3) is 5.91 Å². The summed E-state index contributed by atoms with van der Waals surface area (Å²) in [6.07, 6.45) is 0. The SMILES string of the molecule is COc1ccc(C(=O)N2CCN(C(c3ccccc3)c3ccccc3)CC2)c(F)c1. The van der Waals surface area contributed by atoms with Crippen LogP contribution in [0.15, 0.2) is 78.9 Å². The van der Waals surface area contributed by atoms with Crippen molar-refractivity contribution < 1.29 is 13.9 Å². The number of piperazine rings is 1. The van der Waals surface area contributed by atoms with Gasteiger partial charge < -0.3 is 9.64 Å². The van der Waals surface area contributed by atoms with Crippen LogP contribution in [0.1, 0.15) is 27.5 Å². The number of amides is 1. The maximum Gasteiger partial charge on any atom is 0.256 e. The molecule has 1 amide bonds. The first-order chi connectivity index (χ1) is 14.7. The summed E-state index contributed by atoms with van der Waals surface area (Å²) in [4.78, 5) is 17.0. The first kappa shape index (κ1) is 20.1. The molecule has 3 aromatic carbocycles. The summed E-state index contributed by atoms with van der Waals surface area (Å²) in [5, 5.41) is 0. The zero-order chi connectivity index (χ0) is 20.9. The minimum Gasteiger partial charge on any atom is -0.497 e. The minimum atomic E-state index is -0.548. The van der Waals surface area contributed by atoms with Gasteiger partial charge in [-0.3, -0.25) is 9.69 Å². The van der Waals surface area contributed by atoms with Crippen molar-refractivity contribution in [2.75, 3.05) is 33.3 Å². The lowest BCUT2D eigenvalue weighted by Crippen LogP contribution is -2.50. The molecule has 3 aromatic rings. The zero-order valence-electron chi connectivity index (χ0n) is 17.0. The van der Waals surface area contributed by atoms with Gasteiger partial charge in [-0.1, -0.05) is 60.7 Å². The average molecular weight is 404 g/mol. The van der Waals surface area contributed by atoms with Crippen LogP contribution in [-0.2, 0) is 0 Å². The first-order valence-electron chi connectivity index (χ1n) is 10.1. The minimum absolute atomic E-state index is 0.0897. The van der Waals surface area contributed by atoms with Crippen LogP contribution < -0.4 is 4.74 Å². The number of carbonyl (C=O) groups is 1. The van der Waals surface area contributed by atoms with Crippen LogP contribution in [0.5, 0.6) is 5.75 Å². The van der Waals surface area contributed by atoms with Crippen molar-refractivity contribution in [2.24, 2.45) is 0 Å². The second-order valence-electron chi connectivity index (χ2n) is 7.40. The Morgan fingerprint density at radius 3 is 1.93 bits per heavy atom. The van der Waals surface area contributed by atoms with Gasteiger partial charge >= 0.3 is 0 Å². The molecule has 1 heterocycles. The molecule has 30 heavy (non-hydrogen) atoms. The van der Waals surface area contributed by atoms with Crippen LogP contribution in [0.25, 0.3) is 0 Å². The van der Waals surface area contributed by atoms with Gasteiger partial charge in [0.15, 0.2) is 0 Å². The predicted octanol–water partition coefficient (Wildman–Crippen LogP) is 4.38. The molecular formula is C25H25FN2O2. The van der Waals surface area contributed by atoms with Gasteiger partial charge in [0.05, 0.1) is 18.7 Å². The van der Waals surface area contributed by atoms with E-state index >= 15 is 0 Å². The van der Waals surface area contributed by atoms with Crippen molar-refractivity contribution in [3.05, 3.63) is 101 Å². The van der Waals surface area contributed by atoms with Gasteiger partial charge in [-0.2, -0.15) is 0 Å². The number of ether oxygens (including phenoxy) is 1. The molecule has 1 aliphatic heterocycles. The highest BCUT2D eigenvalue weighted by atomic mass is 19.1. The van der Waals surface area contributed by atoms with E-state index in [0.717, 1.165) is 13.1 Å². The Kier molecular flexibility index (Phi) is 6.10. The Hall–Kier alpha value is -3.18. The lowest BCUT2D eigenvalue weighted by atomic mass is 9.96. The van der Waals surface area contributed by atoms with E-state index in [-0.39, 0.29) is 17.5 Å². The third-order valence-electron chi connectivity index (χ3n) is 5.60. The summed E-state index contributed by atoms with van der Waals surface area (Å²) >= 11 is 0. The Bertz CT molecular complexity index is 947. The number of rotatable bonds is 5. The fourth-order valence-corrected chi connectivity index (χ4v) is 4.03. The molecule has 4 nitrogen and oxygen atoms in total. The van der Waals surface area contributed by atoms with Gasteiger partial charge in [0, 0.05) is 32.2 Å². The Labute approximate surface area is 176 Å². The largest absolute Gasteiger partial charge is 0.497 e. The topological polar surface area (TPSA) is 32.8 Å². The molecule has 1 saturated heterocycles. The summed E-state index contributed by atoms with van der Waals surface area (Å²) in [6.45, 7) is 2.55. The number of benzene rings is 3. The highest BCUT2D eigenvalue weighted by molar-refractivity contribution is 5.94. The number of halogens is 1. The van der Waals surface area contributed by atoms with Gasteiger partial charge in [-0.15, -0.1) is 0 Å². The fraction of sp³-hybridized carbons (Fsp3) is 0.240. The van der Waals surface area contributed by atoms with Crippen LogP contribution in [0.4, 0.5) is 4.39 Å². The Morgan fingerprint density at radius 2 is 1.43 bits per heavy atom. The molecule has 0 unspecified atom stereocenters. The van der Waals surface area contributed by atoms with E-state index in [2.05, 4.69) is 53.4 Å². The van der Waals surface area contributed by atoms with E-state index in [9.17, 15) is 9.18 Å². The molecule has 0 spiro atoms. The van der Waals surface area contributed by atoms with E-state index in [1.807, 2.05) is 12.1 Å². The first-order valence-corrected chi connectivity index (χ1v) is 10.1. The smallest absolute Gasteiger partial charge is 0.256 e. The number of nitrogens with zero attached hydrogens (tertiary/aromatic N) is 2. The van der Waals surface area contributed by atoms with Crippen LogP contribution in [0.3, 0.4) is 0 Å². The average Bonchev–Trinajstić information content (AvgIpc) is 2.80. The van der Waals surface area contributed by atoms with Crippen molar-refractivity contribution in [3.63, 3.8) is 0 Å². The molecule has 1 aliphatic rings. The molecule has 0 aromatic heterocycles. The Morgan fingerprint density at radius 1 is 0.867 bits per heavy atom. The van der Waals surface area contributed by atoms with E-state index < -0.39 is 5.82 Å². The number of carbonyl (C=O) groups excluding carboxylic acids is 1. The molecular weight excluding hydrogens is 379 g/mol. The molecule has 1 fully saturated rings. The van der Waals surface area contributed by atoms with E-state index in [0.29, 0.717) is 18.8 Å². The van der Waals surface area contributed by atoms with E-state index in [1.54, 1.807) is 11.0 Å². The van der Waals surface area contributed by atoms with Gasteiger partial charge in [-0.05, 0) is 23.3 Å². The highest BCUT2D eigenvalue weighted by Gasteiger charge is 2.29. The molecule has 5 heteroatoms. The van der Waals surface area contributed by atoms with Crippen LogP contribution in [0.2, 0.25) is 0 Å². The third-order valence-corrected chi connectivity index (χ3v) is 5.60. The summed E-state index contributed by atoms with van der Waals surface area (Å²) in [5.74, 6) is -0.415. The molecule has 0 N–H and O–H groups in total. The zero-order valence-corrected chi connectivity index (χ0v) is 17.0. The number of hydrogen-bond acceptors (Lipinski definition) is 3. The number of hydrogen-bond donors (Lipinski definition) is 0. The molecule has 0 atom stereocenters. The molecule has 154 valence electrons. The highest BCUT2D eigenvalue weighted by Crippen LogP contribution is 2.29. The maximum absolute atomic E-state index is 14.4. The second-order valence-corrected chi connectivity index (χ2v) is 7.40. The normalized spacial score (nSPS) is 14.7. The van der Waals surface area contributed by atoms with Crippen molar-refractivity contribution in [1.82, 2.24) is 9.80 Å². The Balaban J connectivity index is 1.50. The maximum atomic E-state index is 14.4. The van der Waals surface area contributed by atoms with Gasteiger partial charge in [-0.25, -0.2) is 4.39 Å². The summed E-state index contributed by atoms with van der Waals surface area (Å²) < 4.78 is 19.4. The lowest BCUT2D eigenvalue weighted by Gasteiger charge is -2.39. The number of methoxy groups -OCH3 is 1. The lowest BCUT2D eigenvalue weighted by molar-refractivity contribution is 0.0593. The monoisotopic (exact) mass is 404 g/mol. The van der Waals surface area contributed by atoms with E-state index in [1.165, 1.54) is 30.4 Å². The summed E-state index contributed by atoms with van der Waals surface area (Å²) in [7, 11) is 1.48. The van der Waals surface area contributed by atoms with Gasteiger partial charge in [0.2, 0.25) is 0 Å². The molecule has 0 radical (unpaired) electrons. The third kappa shape index (κ3) is 4.21. The summed E-state index contributed by atoms with van der Waals surface area (Å²) in [5.41, 5.74) is 2.54. The molecule has 4 rings (SSSR count). The molecule has 0 aliphatic carbocycles. The van der Waals surface area contributed by atoms with Gasteiger partial charge in [0.1, 0.15) is 11.6 Å².